The zero-order chi connectivity index (χ0) is 12.3. The predicted octanol–water partition coefficient (Wildman–Crippen LogP) is 2.93. The van der Waals surface area contributed by atoms with Crippen molar-refractivity contribution >= 4 is 23.5 Å². The molecule has 0 spiro atoms. The minimum absolute atomic E-state index is 0.119. The van der Waals surface area contributed by atoms with Gasteiger partial charge in [-0.2, -0.15) is 23.5 Å². The standard InChI is InChI=1S/C13H19NOS2/c1-9-13(17-8-7-16-9)12(14)10-3-5-11(15-2)6-4-10/h3-6,9,12-13H,7-8,14H2,1-2H3. The highest BCUT2D eigenvalue weighted by Gasteiger charge is 2.28. The molecule has 0 aromatic heterocycles. The van der Waals surface area contributed by atoms with Gasteiger partial charge < -0.3 is 10.5 Å². The summed E-state index contributed by atoms with van der Waals surface area (Å²) in [5.74, 6) is 3.35. The molecule has 2 nitrogen and oxygen atoms in total. The summed E-state index contributed by atoms with van der Waals surface area (Å²) in [6, 6.07) is 8.25. The van der Waals surface area contributed by atoms with Crippen LogP contribution in [0.4, 0.5) is 0 Å². The van der Waals surface area contributed by atoms with E-state index in [1.54, 1.807) is 7.11 Å². The maximum Gasteiger partial charge on any atom is 0.118 e. The molecule has 1 heterocycles. The van der Waals surface area contributed by atoms with Gasteiger partial charge in [0.05, 0.1) is 7.11 Å². The van der Waals surface area contributed by atoms with Gasteiger partial charge in [-0.3, -0.25) is 0 Å². The molecule has 17 heavy (non-hydrogen) atoms. The maximum atomic E-state index is 6.38. The van der Waals surface area contributed by atoms with Crippen LogP contribution >= 0.6 is 23.5 Å². The molecule has 1 aromatic rings. The number of nitrogens with two attached hydrogens (primary N) is 1. The zero-order valence-electron chi connectivity index (χ0n) is 10.3. The van der Waals surface area contributed by atoms with Crippen molar-refractivity contribution in [3.8, 4) is 5.75 Å². The molecule has 4 heteroatoms. The van der Waals surface area contributed by atoms with Crippen LogP contribution in [0.2, 0.25) is 0 Å². The van der Waals surface area contributed by atoms with Crippen LogP contribution in [-0.4, -0.2) is 29.1 Å². The van der Waals surface area contributed by atoms with Crippen LogP contribution in [0, 0.1) is 0 Å². The van der Waals surface area contributed by atoms with Crippen molar-refractivity contribution in [3.63, 3.8) is 0 Å². The first-order chi connectivity index (χ1) is 8.22. The minimum Gasteiger partial charge on any atom is -0.497 e. The second-order valence-electron chi connectivity index (χ2n) is 4.21. The Kier molecular flexibility index (Phi) is 4.65. The number of rotatable bonds is 3. The number of methoxy groups -OCH3 is 1. The van der Waals surface area contributed by atoms with Crippen LogP contribution < -0.4 is 10.5 Å². The molecule has 1 aliphatic rings. The van der Waals surface area contributed by atoms with Crippen LogP contribution in [0.25, 0.3) is 0 Å². The van der Waals surface area contributed by atoms with E-state index in [-0.39, 0.29) is 6.04 Å². The molecule has 0 saturated carbocycles. The van der Waals surface area contributed by atoms with Gasteiger partial charge in [0, 0.05) is 28.0 Å². The van der Waals surface area contributed by atoms with E-state index in [0.717, 1.165) is 5.75 Å². The Labute approximate surface area is 112 Å². The minimum atomic E-state index is 0.119. The van der Waals surface area contributed by atoms with Gasteiger partial charge in [-0.25, -0.2) is 0 Å². The van der Waals surface area contributed by atoms with E-state index >= 15 is 0 Å². The molecular weight excluding hydrogens is 250 g/mol. The lowest BCUT2D eigenvalue weighted by Gasteiger charge is -2.32. The monoisotopic (exact) mass is 269 g/mol. The van der Waals surface area contributed by atoms with Gasteiger partial charge in [0.2, 0.25) is 0 Å². The van der Waals surface area contributed by atoms with Crippen LogP contribution in [0.5, 0.6) is 5.75 Å². The van der Waals surface area contributed by atoms with Crippen LogP contribution in [-0.2, 0) is 0 Å². The quantitative estimate of drug-likeness (QED) is 0.915. The summed E-state index contributed by atoms with van der Waals surface area (Å²) in [4.78, 5) is 0. The molecule has 1 saturated heterocycles. The molecular formula is C13H19NOS2. The first kappa shape index (κ1) is 13.1. The highest BCUT2D eigenvalue weighted by Crippen LogP contribution is 2.37. The Balaban J connectivity index is 2.09. The summed E-state index contributed by atoms with van der Waals surface area (Å²) in [7, 11) is 1.69. The largest absolute Gasteiger partial charge is 0.497 e. The molecule has 1 aliphatic heterocycles. The Hall–Kier alpha value is -0.320. The SMILES string of the molecule is COc1ccc(C(N)C2SCCSC2C)cc1. The molecule has 0 bridgehead atoms. The van der Waals surface area contributed by atoms with Gasteiger partial charge in [-0.1, -0.05) is 19.1 Å². The molecule has 1 fully saturated rings. The van der Waals surface area contributed by atoms with E-state index in [9.17, 15) is 0 Å². The fraction of sp³-hybridized carbons (Fsp3) is 0.538. The third-order valence-corrected chi connectivity index (χ3v) is 6.31. The van der Waals surface area contributed by atoms with Crippen LogP contribution in [0.1, 0.15) is 18.5 Å². The van der Waals surface area contributed by atoms with Gasteiger partial charge in [-0.05, 0) is 17.7 Å². The highest BCUT2D eigenvalue weighted by atomic mass is 32.2. The molecule has 0 aliphatic carbocycles. The summed E-state index contributed by atoms with van der Waals surface area (Å²) in [5, 5.41) is 1.15. The van der Waals surface area contributed by atoms with Crippen molar-refractivity contribution in [1.82, 2.24) is 0 Å². The third kappa shape index (κ3) is 3.12. The van der Waals surface area contributed by atoms with E-state index in [1.165, 1.54) is 17.1 Å². The number of thioether (sulfide) groups is 2. The maximum absolute atomic E-state index is 6.38. The van der Waals surface area contributed by atoms with Crippen molar-refractivity contribution in [2.24, 2.45) is 5.73 Å². The zero-order valence-corrected chi connectivity index (χ0v) is 11.9. The second-order valence-corrected chi connectivity index (χ2v) is 6.98. The fourth-order valence-corrected chi connectivity index (χ4v) is 4.94. The van der Waals surface area contributed by atoms with E-state index in [1.807, 2.05) is 35.7 Å². The lowest BCUT2D eigenvalue weighted by Crippen LogP contribution is -2.34. The third-order valence-electron chi connectivity index (χ3n) is 3.09. The van der Waals surface area contributed by atoms with Gasteiger partial charge in [0.15, 0.2) is 0 Å². The highest BCUT2D eigenvalue weighted by molar-refractivity contribution is 8.07. The summed E-state index contributed by atoms with van der Waals surface area (Å²) >= 11 is 4.04. The number of hydrogen-bond acceptors (Lipinski definition) is 4. The summed E-state index contributed by atoms with van der Waals surface area (Å²) in [6.07, 6.45) is 0. The molecule has 1 aromatic carbocycles. The van der Waals surface area contributed by atoms with E-state index in [0.29, 0.717) is 10.5 Å². The van der Waals surface area contributed by atoms with Crippen LogP contribution in [0.3, 0.4) is 0 Å². The summed E-state index contributed by atoms with van der Waals surface area (Å²) < 4.78 is 5.17. The average molecular weight is 269 g/mol. The second kappa shape index (κ2) is 6.03. The normalized spacial score (nSPS) is 26.5. The molecule has 2 N–H and O–H groups in total. The van der Waals surface area contributed by atoms with E-state index in [2.05, 4.69) is 19.1 Å². The van der Waals surface area contributed by atoms with Gasteiger partial charge in [0.1, 0.15) is 5.75 Å². The lowest BCUT2D eigenvalue weighted by atomic mass is 10.0. The first-order valence-corrected chi connectivity index (χ1v) is 7.95. The number of hydrogen-bond donors (Lipinski definition) is 1. The predicted molar refractivity (Wildman–Crippen MR) is 78.1 cm³/mol. The molecule has 2 rings (SSSR count). The summed E-state index contributed by atoms with van der Waals surface area (Å²) in [5.41, 5.74) is 7.58. The fourth-order valence-electron chi connectivity index (χ4n) is 2.06. The van der Waals surface area contributed by atoms with Crippen LogP contribution in [0.15, 0.2) is 24.3 Å². The Morgan fingerprint density at radius 2 is 1.88 bits per heavy atom. The van der Waals surface area contributed by atoms with Crippen molar-refractivity contribution in [1.29, 1.82) is 0 Å². The molecule has 0 radical (unpaired) electrons. The molecule has 0 amide bonds. The number of benzene rings is 1. The van der Waals surface area contributed by atoms with Crippen molar-refractivity contribution in [3.05, 3.63) is 29.8 Å². The lowest BCUT2D eigenvalue weighted by molar-refractivity contribution is 0.414. The van der Waals surface area contributed by atoms with Gasteiger partial charge >= 0.3 is 0 Å². The topological polar surface area (TPSA) is 35.2 Å². The molecule has 94 valence electrons. The smallest absolute Gasteiger partial charge is 0.118 e. The van der Waals surface area contributed by atoms with Crippen molar-refractivity contribution < 1.29 is 4.74 Å². The molecule has 3 atom stereocenters. The van der Waals surface area contributed by atoms with Gasteiger partial charge in [-0.15, -0.1) is 0 Å². The van der Waals surface area contributed by atoms with Gasteiger partial charge in [0.25, 0.3) is 0 Å². The number of ether oxygens (including phenoxy) is 1. The Morgan fingerprint density at radius 1 is 1.24 bits per heavy atom. The molecule has 3 unspecified atom stereocenters. The van der Waals surface area contributed by atoms with E-state index < -0.39 is 0 Å². The average Bonchev–Trinajstić information content (AvgIpc) is 2.39. The van der Waals surface area contributed by atoms with E-state index in [4.69, 9.17) is 10.5 Å². The summed E-state index contributed by atoms with van der Waals surface area (Å²) in [6.45, 7) is 2.28. The van der Waals surface area contributed by atoms with Crippen molar-refractivity contribution in [2.45, 2.75) is 23.5 Å². The Morgan fingerprint density at radius 3 is 2.47 bits per heavy atom. The first-order valence-electron chi connectivity index (χ1n) is 5.85. The Bertz CT molecular complexity index is 355. The van der Waals surface area contributed by atoms with Crippen molar-refractivity contribution in [2.75, 3.05) is 18.6 Å².